The first-order valence-electron chi connectivity index (χ1n) is 7.04. The van der Waals surface area contributed by atoms with Gasteiger partial charge in [0.2, 0.25) is 5.76 Å². The second-order valence-electron chi connectivity index (χ2n) is 5.69. The minimum absolute atomic E-state index is 0.0177. The summed E-state index contributed by atoms with van der Waals surface area (Å²) in [4.78, 5) is 10.4. The highest BCUT2D eigenvalue weighted by Gasteiger charge is 2.74. The van der Waals surface area contributed by atoms with Crippen molar-refractivity contribution in [1.82, 2.24) is 5.16 Å². The van der Waals surface area contributed by atoms with Crippen LogP contribution >= 0.6 is 0 Å². The molecule has 1 aromatic heterocycles. The summed E-state index contributed by atoms with van der Waals surface area (Å²) in [5, 5.41) is 14.6. The highest BCUT2D eigenvalue weighted by Crippen LogP contribution is 2.69. The minimum atomic E-state index is -4.58. The van der Waals surface area contributed by atoms with E-state index in [1.54, 1.807) is 0 Å². The Balaban J connectivity index is 2.07. The van der Waals surface area contributed by atoms with E-state index in [0.29, 0.717) is 5.75 Å². The van der Waals surface area contributed by atoms with Crippen molar-refractivity contribution < 1.29 is 27.4 Å². The number of aryl methyl sites for hydroxylation is 1. The van der Waals surface area contributed by atoms with Crippen molar-refractivity contribution in [3.05, 3.63) is 51.4 Å². The fraction of sp³-hybridized carbons (Fsp3) is 0.400. The van der Waals surface area contributed by atoms with Gasteiger partial charge in [0.25, 0.3) is 0 Å². The molecule has 0 N–H and O–H groups in total. The third kappa shape index (κ3) is 2.22. The van der Waals surface area contributed by atoms with Crippen molar-refractivity contribution in [3.63, 3.8) is 0 Å². The van der Waals surface area contributed by atoms with Gasteiger partial charge in [-0.3, -0.25) is 10.1 Å². The molecule has 2 aromatic rings. The molecule has 1 aromatic carbocycles. The summed E-state index contributed by atoms with van der Waals surface area (Å²) in [7, 11) is 1.41. The van der Waals surface area contributed by atoms with Crippen LogP contribution in [0.15, 0.2) is 28.8 Å². The molecule has 128 valence electrons. The van der Waals surface area contributed by atoms with Gasteiger partial charge in [-0.25, -0.2) is 0 Å². The van der Waals surface area contributed by atoms with E-state index in [2.05, 4.69) is 5.16 Å². The fourth-order valence-electron chi connectivity index (χ4n) is 3.10. The fourth-order valence-corrected chi connectivity index (χ4v) is 3.10. The van der Waals surface area contributed by atoms with Gasteiger partial charge >= 0.3 is 11.9 Å². The molecule has 0 radical (unpaired) electrons. The highest BCUT2D eigenvalue weighted by molar-refractivity contribution is 5.51. The maximum Gasteiger partial charge on any atom is 0.399 e. The Morgan fingerprint density at radius 3 is 2.50 bits per heavy atom. The number of nitrogens with zero attached hydrogens (tertiary/aromatic N) is 2. The average Bonchev–Trinajstić information content (AvgIpc) is 3.17. The Morgan fingerprint density at radius 2 is 2.00 bits per heavy atom. The number of aromatic nitrogens is 1. The van der Waals surface area contributed by atoms with E-state index < -0.39 is 28.1 Å². The molecule has 9 heteroatoms. The van der Waals surface area contributed by atoms with Gasteiger partial charge in [-0.1, -0.05) is 17.3 Å². The predicted molar refractivity (Wildman–Crippen MR) is 76.0 cm³/mol. The summed E-state index contributed by atoms with van der Waals surface area (Å²) >= 11 is 0. The number of hydrogen-bond donors (Lipinski definition) is 0. The Hall–Kier alpha value is -2.58. The van der Waals surface area contributed by atoms with Gasteiger partial charge in [0.05, 0.1) is 12.0 Å². The van der Waals surface area contributed by atoms with Crippen LogP contribution in [-0.2, 0) is 5.41 Å². The Kier molecular flexibility index (Phi) is 3.54. The zero-order chi connectivity index (χ0) is 17.7. The van der Waals surface area contributed by atoms with Crippen molar-refractivity contribution in [1.29, 1.82) is 0 Å². The standard InChI is InChI=1S/C15H13F3N2O4/c1-8-12(20(21)22)13(24-19-8)11-7-14(11,15(16,17)18)9-3-5-10(23-2)6-4-9/h3-6,11H,7H2,1-2H3/t11-,14-/m1/s1. The lowest BCUT2D eigenvalue weighted by Gasteiger charge is -2.21. The molecular formula is C15H13F3N2O4. The monoisotopic (exact) mass is 342 g/mol. The second kappa shape index (κ2) is 5.22. The molecule has 0 amide bonds. The summed E-state index contributed by atoms with van der Waals surface area (Å²) in [6, 6.07) is 5.50. The Labute approximate surface area is 134 Å². The Morgan fingerprint density at radius 1 is 1.38 bits per heavy atom. The summed E-state index contributed by atoms with van der Waals surface area (Å²) in [6.07, 6.45) is -4.90. The summed E-state index contributed by atoms with van der Waals surface area (Å²) in [5.74, 6) is -1.08. The molecule has 0 aliphatic heterocycles. The summed E-state index contributed by atoms with van der Waals surface area (Å²) < 4.78 is 51.2. The van der Waals surface area contributed by atoms with Crippen LogP contribution in [0, 0.1) is 17.0 Å². The lowest BCUT2D eigenvalue weighted by molar-refractivity contribution is -0.386. The maximum absolute atomic E-state index is 13.8. The van der Waals surface area contributed by atoms with Crippen molar-refractivity contribution in [2.75, 3.05) is 7.11 Å². The molecule has 2 atom stereocenters. The van der Waals surface area contributed by atoms with Crippen LogP contribution in [-0.4, -0.2) is 23.4 Å². The van der Waals surface area contributed by atoms with Gasteiger partial charge in [0.1, 0.15) is 11.2 Å². The van der Waals surface area contributed by atoms with Crippen LogP contribution in [0.3, 0.4) is 0 Å². The largest absolute Gasteiger partial charge is 0.497 e. The van der Waals surface area contributed by atoms with Crippen LogP contribution in [0.25, 0.3) is 0 Å². The van der Waals surface area contributed by atoms with Crippen molar-refractivity contribution in [2.45, 2.75) is 30.9 Å². The normalized spacial score (nSPS) is 23.1. The SMILES string of the molecule is COc1ccc([C@]2(C(F)(F)F)C[C@@H]2c2onc(C)c2[N+](=O)[O-])cc1. The van der Waals surface area contributed by atoms with E-state index in [9.17, 15) is 23.3 Å². The second-order valence-corrected chi connectivity index (χ2v) is 5.69. The molecule has 3 rings (SSSR count). The number of benzene rings is 1. The van der Waals surface area contributed by atoms with E-state index in [4.69, 9.17) is 9.26 Å². The van der Waals surface area contributed by atoms with Gasteiger partial charge in [0.15, 0.2) is 5.69 Å². The third-order valence-corrected chi connectivity index (χ3v) is 4.43. The third-order valence-electron chi connectivity index (χ3n) is 4.43. The van der Waals surface area contributed by atoms with E-state index in [1.165, 1.54) is 38.3 Å². The molecule has 0 unspecified atom stereocenters. The lowest BCUT2D eigenvalue weighted by atomic mass is 9.91. The summed E-state index contributed by atoms with van der Waals surface area (Å²) in [6.45, 7) is 1.33. The van der Waals surface area contributed by atoms with Gasteiger partial charge < -0.3 is 9.26 Å². The van der Waals surface area contributed by atoms with E-state index >= 15 is 0 Å². The number of rotatable bonds is 4. The minimum Gasteiger partial charge on any atom is -0.497 e. The van der Waals surface area contributed by atoms with Crippen LogP contribution in [0.4, 0.5) is 18.9 Å². The first-order valence-corrected chi connectivity index (χ1v) is 7.04. The zero-order valence-electron chi connectivity index (χ0n) is 12.8. The topological polar surface area (TPSA) is 78.4 Å². The van der Waals surface area contributed by atoms with Gasteiger partial charge in [0, 0.05) is 5.92 Å². The molecule has 1 aliphatic rings. The molecule has 1 aliphatic carbocycles. The quantitative estimate of drug-likeness (QED) is 0.622. The molecule has 1 saturated carbocycles. The number of ether oxygens (including phenoxy) is 1. The van der Waals surface area contributed by atoms with Crippen LogP contribution in [0.5, 0.6) is 5.75 Å². The predicted octanol–water partition coefficient (Wildman–Crippen LogP) is 3.89. The van der Waals surface area contributed by atoms with Gasteiger partial charge in [-0.05, 0) is 31.0 Å². The number of alkyl halides is 3. The smallest absolute Gasteiger partial charge is 0.399 e. The van der Waals surface area contributed by atoms with Crippen molar-refractivity contribution in [3.8, 4) is 5.75 Å². The van der Waals surface area contributed by atoms with Crippen molar-refractivity contribution >= 4 is 5.69 Å². The highest BCUT2D eigenvalue weighted by atomic mass is 19.4. The van der Waals surface area contributed by atoms with E-state index in [-0.39, 0.29) is 23.4 Å². The van der Waals surface area contributed by atoms with E-state index in [0.717, 1.165) is 0 Å². The summed E-state index contributed by atoms with van der Waals surface area (Å²) in [5.41, 5.74) is -2.72. The number of nitro groups is 1. The van der Waals surface area contributed by atoms with Crippen LogP contribution < -0.4 is 4.74 Å². The molecule has 0 saturated heterocycles. The molecule has 1 fully saturated rings. The molecule has 0 spiro atoms. The maximum atomic E-state index is 13.8. The molecule has 6 nitrogen and oxygen atoms in total. The molecule has 1 heterocycles. The van der Waals surface area contributed by atoms with Gasteiger partial charge in [-0.15, -0.1) is 0 Å². The Bertz CT molecular complexity index is 785. The molecule has 24 heavy (non-hydrogen) atoms. The van der Waals surface area contributed by atoms with E-state index in [1.807, 2.05) is 0 Å². The van der Waals surface area contributed by atoms with Crippen LogP contribution in [0.1, 0.15) is 29.4 Å². The van der Waals surface area contributed by atoms with Gasteiger partial charge in [-0.2, -0.15) is 13.2 Å². The first-order chi connectivity index (χ1) is 11.2. The molecule has 0 bridgehead atoms. The van der Waals surface area contributed by atoms with Crippen molar-refractivity contribution in [2.24, 2.45) is 0 Å². The first kappa shape index (κ1) is 16.3. The molecular weight excluding hydrogens is 329 g/mol. The lowest BCUT2D eigenvalue weighted by Crippen LogP contribution is -2.30. The van der Waals surface area contributed by atoms with Crippen LogP contribution in [0.2, 0.25) is 0 Å². The number of hydrogen-bond acceptors (Lipinski definition) is 5. The average molecular weight is 342 g/mol. The zero-order valence-corrected chi connectivity index (χ0v) is 12.8. The number of halogens is 3. The number of methoxy groups -OCH3 is 1.